The van der Waals surface area contributed by atoms with Crippen LogP contribution in [0, 0.1) is 11.3 Å². The molecule has 0 bridgehead atoms. The Morgan fingerprint density at radius 3 is 2.27 bits per heavy atom. The number of aliphatic carboxylic acids is 1. The lowest BCUT2D eigenvalue weighted by molar-refractivity contribution is -0.192. The van der Waals surface area contributed by atoms with E-state index in [0.717, 1.165) is 5.56 Å². The molecule has 154 valence electrons. The third kappa shape index (κ3) is 6.41. The molecule has 2 aromatic heterocycles. The third-order valence-electron chi connectivity index (χ3n) is 3.41. The largest absolute Gasteiger partial charge is 0.490 e. The number of aromatic amines is 1. The number of nitrogens with one attached hydrogen (secondary N) is 2. The van der Waals surface area contributed by atoms with E-state index in [1.807, 2.05) is 18.2 Å². The van der Waals surface area contributed by atoms with Gasteiger partial charge in [0.25, 0.3) is 5.91 Å². The number of carbonyl (C=O) groups excluding carboxylic acids is 1. The summed E-state index contributed by atoms with van der Waals surface area (Å²) in [5, 5.41) is 25.5. The van der Waals surface area contributed by atoms with Crippen LogP contribution in [0.4, 0.5) is 13.2 Å². The number of H-pyrrole nitrogens is 1. The second-order valence-corrected chi connectivity index (χ2v) is 5.52. The average Bonchev–Trinajstić information content (AvgIpc) is 3.21. The average molecular weight is 418 g/mol. The van der Waals surface area contributed by atoms with Crippen molar-refractivity contribution in [2.45, 2.75) is 12.7 Å². The van der Waals surface area contributed by atoms with Crippen molar-refractivity contribution in [3.8, 4) is 17.5 Å². The lowest BCUT2D eigenvalue weighted by Gasteiger charge is -2.02. The first-order chi connectivity index (χ1) is 14.2. The number of hydrogen-bond acceptors (Lipinski definition) is 6. The second-order valence-electron chi connectivity index (χ2n) is 5.52. The van der Waals surface area contributed by atoms with Crippen molar-refractivity contribution >= 4 is 11.9 Å². The molecule has 2 heterocycles. The summed E-state index contributed by atoms with van der Waals surface area (Å²) >= 11 is 0. The van der Waals surface area contributed by atoms with Crippen molar-refractivity contribution in [1.29, 1.82) is 5.26 Å². The van der Waals surface area contributed by atoms with Crippen molar-refractivity contribution in [2.75, 3.05) is 0 Å². The van der Waals surface area contributed by atoms with E-state index in [0.29, 0.717) is 22.8 Å². The van der Waals surface area contributed by atoms with Gasteiger partial charge in [-0.3, -0.25) is 14.9 Å². The summed E-state index contributed by atoms with van der Waals surface area (Å²) in [5.74, 6) is -1.89. The van der Waals surface area contributed by atoms with Gasteiger partial charge < -0.3 is 10.4 Å². The van der Waals surface area contributed by atoms with Crippen molar-refractivity contribution < 1.29 is 27.9 Å². The predicted molar refractivity (Wildman–Crippen MR) is 95.6 cm³/mol. The SMILES string of the molecule is N#Cc1ccc(C(=O)NCc2nc(-c3ccncc3)n[nH]2)cc1.O=C(O)C(F)(F)F. The lowest BCUT2D eigenvalue weighted by atomic mass is 10.1. The minimum Gasteiger partial charge on any atom is -0.475 e. The molecule has 0 atom stereocenters. The van der Waals surface area contributed by atoms with E-state index in [9.17, 15) is 18.0 Å². The number of carboxylic acids is 1. The molecular formula is C18H13F3N6O3. The number of hydrogen-bond donors (Lipinski definition) is 3. The number of benzene rings is 1. The van der Waals surface area contributed by atoms with Crippen LogP contribution in [0.2, 0.25) is 0 Å². The number of amides is 1. The normalized spacial score (nSPS) is 10.3. The molecule has 0 saturated carbocycles. The zero-order valence-corrected chi connectivity index (χ0v) is 15.0. The molecule has 0 radical (unpaired) electrons. The van der Waals surface area contributed by atoms with Crippen LogP contribution in [-0.4, -0.2) is 43.3 Å². The van der Waals surface area contributed by atoms with Crippen molar-refractivity contribution in [3.63, 3.8) is 0 Å². The second kappa shape index (κ2) is 9.78. The van der Waals surface area contributed by atoms with Gasteiger partial charge in [0.05, 0.1) is 18.2 Å². The fourth-order valence-corrected chi connectivity index (χ4v) is 1.97. The molecule has 12 heteroatoms. The molecule has 3 N–H and O–H groups in total. The maximum Gasteiger partial charge on any atom is 0.490 e. The highest BCUT2D eigenvalue weighted by Crippen LogP contribution is 2.13. The highest BCUT2D eigenvalue weighted by atomic mass is 19.4. The van der Waals surface area contributed by atoms with Gasteiger partial charge in [-0.25, -0.2) is 9.78 Å². The Balaban J connectivity index is 0.000000396. The molecule has 1 aromatic carbocycles. The number of alkyl halides is 3. The minimum absolute atomic E-state index is 0.233. The van der Waals surface area contributed by atoms with E-state index < -0.39 is 12.1 Å². The summed E-state index contributed by atoms with van der Waals surface area (Å²) in [6, 6.07) is 12.0. The van der Waals surface area contributed by atoms with Gasteiger partial charge in [-0.05, 0) is 36.4 Å². The zero-order valence-electron chi connectivity index (χ0n) is 15.0. The highest BCUT2D eigenvalue weighted by molar-refractivity contribution is 5.94. The molecule has 0 aliphatic carbocycles. The Labute approximate surface area is 167 Å². The van der Waals surface area contributed by atoms with E-state index in [2.05, 4.69) is 25.5 Å². The monoisotopic (exact) mass is 418 g/mol. The van der Waals surface area contributed by atoms with Gasteiger partial charge in [0.1, 0.15) is 5.82 Å². The fraction of sp³-hybridized carbons (Fsp3) is 0.111. The topological polar surface area (TPSA) is 145 Å². The first-order valence-electron chi connectivity index (χ1n) is 8.11. The Hall–Kier alpha value is -4.27. The lowest BCUT2D eigenvalue weighted by Crippen LogP contribution is -2.23. The Bertz CT molecular complexity index is 1040. The number of carbonyl (C=O) groups is 2. The summed E-state index contributed by atoms with van der Waals surface area (Å²) in [4.78, 5) is 29.2. The van der Waals surface area contributed by atoms with Crippen LogP contribution in [0.1, 0.15) is 21.7 Å². The Morgan fingerprint density at radius 1 is 1.13 bits per heavy atom. The maximum absolute atomic E-state index is 12.0. The summed E-state index contributed by atoms with van der Waals surface area (Å²) in [6.45, 7) is 0.233. The minimum atomic E-state index is -5.08. The zero-order chi connectivity index (χ0) is 22.1. The first kappa shape index (κ1) is 22.0. The summed E-state index contributed by atoms with van der Waals surface area (Å²) in [5.41, 5.74) is 1.84. The van der Waals surface area contributed by atoms with E-state index in [-0.39, 0.29) is 12.5 Å². The molecule has 0 saturated heterocycles. The smallest absolute Gasteiger partial charge is 0.475 e. The number of nitrogens with zero attached hydrogens (tertiary/aromatic N) is 4. The maximum atomic E-state index is 12.0. The van der Waals surface area contributed by atoms with Crippen LogP contribution >= 0.6 is 0 Å². The van der Waals surface area contributed by atoms with E-state index in [1.165, 1.54) is 0 Å². The standard InChI is InChI=1S/C16H12N6O.C2HF3O2/c17-9-11-1-3-13(4-2-11)16(23)19-10-14-20-15(22-21-14)12-5-7-18-8-6-12;3-2(4,5)1(6)7/h1-8H,10H2,(H,19,23)(H,20,21,22);(H,6,7). The van der Waals surface area contributed by atoms with Gasteiger partial charge in [-0.2, -0.15) is 23.5 Å². The van der Waals surface area contributed by atoms with Gasteiger partial charge in [0, 0.05) is 23.5 Å². The molecule has 3 rings (SSSR count). The number of carboxylic acid groups (broad SMARTS) is 1. The van der Waals surface area contributed by atoms with Crippen LogP contribution in [0.25, 0.3) is 11.4 Å². The molecule has 0 spiro atoms. The van der Waals surface area contributed by atoms with Crippen LogP contribution in [-0.2, 0) is 11.3 Å². The molecule has 9 nitrogen and oxygen atoms in total. The van der Waals surface area contributed by atoms with Gasteiger partial charge in [0.15, 0.2) is 5.82 Å². The first-order valence-corrected chi connectivity index (χ1v) is 8.11. The van der Waals surface area contributed by atoms with Crippen LogP contribution < -0.4 is 5.32 Å². The Morgan fingerprint density at radius 2 is 1.73 bits per heavy atom. The quantitative estimate of drug-likeness (QED) is 0.589. The third-order valence-corrected chi connectivity index (χ3v) is 3.41. The Kier molecular flexibility index (Phi) is 7.18. The predicted octanol–water partition coefficient (Wildman–Crippen LogP) is 2.30. The molecule has 3 aromatic rings. The molecular weight excluding hydrogens is 405 g/mol. The summed E-state index contributed by atoms with van der Waals surface area (Å²) in [6.07, 6.45) is -1.75. The van der Waals surface area contributed by atoms with Crippen molar-refractivity contribution in [3.05, 3.63) is 65.7 Å². The van der Waals surface area contributed by atoms with Gasteiger partial charge in [0.2, 0.25) is 0 Å². The van der Waals surface area contributed by atoms with Crippen molar-refractivity contribution in [1.82, 2.24) is 25.5 Å². The molecule has 0 unspecified atom stereocenters. The van der Waals surface area contributed by atoms with E-state index in [1.54, 1.807) is 36.7 Å². The van der Waals surface area contributed by atoms with Crippen LogP contribution in [0.5, 0.6) is 0 Å². The summed E-state index contributed by atoms with van der Waals surface area (Å²) < 4.78 is 31.7. The van der Waals surface area contributed by atoms with Gasteiger partial charge in [-0.15, -0.1) is 0 Å². The van der Waals surface area contributed by atoms with Crippen LogP contribution in [0.3, 0.4) is 0 Å². The fourth-order valence-electron chi connectivity index (χ4n) is 1.97. The molecule has 0 aliphatic rings. The summed E-state index contributed by atoms with van der Waals surface area (Å²) in [7, 11) is 0. The number of pyridine rings is 1. The number of rotatable bonds is 4. The molecule has 30 heavy (non-hydrogen) atoms. The van der Waals surface area contributed by atoms with Gasteiger partial charge in [-0.1, -0.05) is 0 Å². The van der Waals surface area contributed by atoms with Crippen LogP contribution in [0.15, 0.2) is 48.8 Å². The van der Waals surface area contributed by atoms with E-state index >= 15 is 0 Å². The van der Waals surface area contributed by atoms with E-state index in [4.69, 9.17) is 15.2 Å². The molecule has 1 amide bonds. The number of aromatic nitrogens is 4. The van der Waals surface area contributed by atoms with Crippen molar-refractivity contribution in [2.24, 2.45) is 0 Å². The molecule has 0 aliphatic heterocycles. The number of halogens is 3. The number of nitriles is 1. The van der Waals surface area contributed by atoms with Gasteiger partial charge >= 0.3 is 12.1 Å². The molecule has 0 fully saturated rings. The highest BCUT2D eigenvalue weighted by Gasteiger charge is 2.38.